The SMILES string of the molecule is N#CCC[C@@H]1NC(=O)c2ccccc2N2C(=O)c3ccccc3N[C@H]12. The van der Waals surface area contributed by atoms with E-state index in [4.69, 9.17) is 5.26 Å². The second kappa shape index (κ2) is 5.95. The molecule has 124 valence electrons. The van der Waals surface area contributed by atoms with Crippen LogP contribution in [0.15, 0.2) is 48.5 Å². The Hall–Kier alpha value is -3.33. The van der Waals surface area contributed by atoms with Gasteiger partial charge in [-0.1, -0.05) is 24.3 Å². The van der Waals surface area contributed by atoms with Crippen LogP contribution >= 0.6 is 0 Å². The van der Waals surface area contributed by atoms with E-state index >= 15 is 0 Å². The van der Waals surface area contributed by atoms with Gasteiger partial charge in [-0.25, -0.2) is 0 Å². The molecule has 6 heteroatoms. The third-order valence-electron chi connectivity index (χ3n) is 4.63. The minimum absolute atomic E-state index is 0.148. The van der Waals surface area contributed by atoms with E-state index in [2.05, 4.69) is 16.7 Å². The maximum absolute atomic E-state index is 13.2. The van der Waals surface area contributed by atoms with E-state index in [-0.39, 0.29) is 17.9 Å². The van der Waals surface area contributed by atoms with Crippen molar-refractivity contribution in [1.82, 2.24) is 5.32 Å². The van der Waals surface area contributed by atoms with Crippen LogP contribution in [0.4, 0.5) is 11.4 Å². The minimum Gasteiger partial charge on any atom is -0.362 e. The van der Waals surface area contributed by atoms with Crippen molar-refractivity contribution >= 4 is 23.2 Å². The summed E-state index contributed by atoms with van der Waals surface area (Å²) in [5.74, 6) is -0.378. The summed E-state index contributed by atoms with van der Waals surface area (Å²) in [6, 6.07) is 16.1. The summed E-state index contributed by atoms with van der Waals surface area (Å²) in [5, 5.41) is 15.3. The third-order valence-corrected chi connectivity index (χ3v) is 4.63. The fourth-order valence-corrected chi connectivity index (χ4v) is 3.47. The zero-order valence-electron chi connectivity index (χ0n) is 13.4. The average Bonchev–Trinajstić information content (AvgIpc) is 2.76. The van der Waals surface area contributed by atoms with Crippen molar-refractivity contribution in [2.45, 2.75) is 25.0 Å². The highest BCUT2D eigenvalue weighted by atomic mass is 16.2. The van der Waals surface area contributed by atoms with Crippen LogP contribution in [-0.4, -0.2) is 24.0 Å². The molecule has 25 heavy (non-hydrogen) atoms. The van der Waals surface area contributed by atoms with E-state index in [1.165, 1.54) is 0 Å². The molecule has 2 amide bonds. The first-order chi connectivity index (χ1) is 12.2. The molecule has 2 heterocycles. The zero-order valence-corrected chi connectivity index (χ0v) is 13.4. The number of benzene rings is 2. The summed E-state index contributed by atoms with van der Waals surface area (Å²) in [6.07, 6.45) is 0.312. The predicted octanol–water partition coefficient (Wildman–Crippen LogP) is 2.50. The summed E-state index contributed by atoms with van der Waals surface area (Å²) >= 11 is 0. The van der Waals surface area contributed by atoms with Gasteiger partial charge < -0.3 is 10.6 Å². The molecule has 0 bridgehead atoms. The lowest BCUT2D eigenvalue weighted by molar-refractivity contribution is 0.0921. The van der Waals surface area contributed by atoms with E-state index in [1.807, 2.05) is 24.3 Å². The Morgan fingerprint density at radius 1 is 1.00 bits per heavy atom. The molecule has 0 aromatic heterocycles. The Kier molecular flexibility index (Phi) is 3.62. The van der Waals surface area contributed by atoms with Gasteiger partial charge >= 0.3 is 0 Å². The predicted molar refractivity (Wildman–Crippen MR) is 93.2 cm³/mol. The number of hydrogen-bond acceptors (Lipinski definition) is 4. The Balaban J connectivity index is 1.87. The van der Waals surface area contributed by atoms with Gasteiger partial charge in [0.1, 0.15) is 6.17 Å². The molecule has 0 unspecified atom stereocenters. The van der Waals surface area contributed by atoms with Crippen molar-refractivity contribution in [2.24, 2.45) is 0 Å². The maximum Gasteiger partial charge on any atom is 0.262 e. The molecule has 0 spiro atoms. The van der Waals surface area contributed by atoms with Crippen molar-refractivity contribution in [3.63, 3.8) is 0 Å². The Bertz CT molecular complexity index is 902. The molecule has 0 fully saturated rings. The second-order valence-corrected chi connectivity index (χ2v) is 6.10. The van der Waals surface area contributed by atoms with Crippen molar-refractivity contribution in [2.75, 3.05) is 10.2 Å². The lowest BCUT2D eigenvalue weighted by Gasteiger charge is -2.40. The molecular formula is C19H16N4O2. The molecule has 2 atom stereocenters. The third kappa shape index (κ3) is 2.41. The molecule has 0 radical (unpaired) electrons. The molecule has 6 nitrogen and oxygen atoms in total. The van der Waals surface area contributed by atoms with Crippen LogP contribution in [0.5, 0.6) is 0 Å². The number of fused-ring (bicyclic) bond motifs is 4. The quantitative estimate of drug-likeness (QED) is 0.885. The number of nitrogens with zero attached hydrogens (tertiary/aromatic N) is 2. The van der Waals surface area contributed by atoms with E-state index in [0.717, 1.165) is 5.69 Å². The van der Waals surface area contributed by atoms with Crippen LogP contribution in [0.3, 0.4) is 0 Å². The number of nitriles is 1. The highest BCUT2D eigenvalue weighted by molar-refractivity contribution is 6.15. The first kappa shape index (κ1) is 15.2. The van der Waals surface area contributed by atoms with Crippen LogP contribution in [0.2, 0.25) is 0 Å². The summed E-state index contributed by atoms with van der Waals surface area (Å²) in [4.78, 5) is 27.5. The van der Waals surface area contributed by atoms with Gasteiger partial charge in [-0.15, -0.1) is 0 Å². The van der Waals surface area contributed by atoms with E-state index in [9.17, 15) is 9.59 Å². The van der Waals surface area contributed by atoms with Crippen LogP contribution in [0.1, 0.15) is 33.6 Å². The van der Waals surface area contributed by atoms with Crippen molar-refractivity contribution in [1.29, 1.82) is 5.26 Å². The molecule has 2 N–H and O–H groups in total. The highest BCUT2D eigenvalue weighted by Gasteiger charge is 2.41. The second-order valence-electron chi connectivity index (χ2n) is 6.10. The fraction of sp³-hybridized carbons (Fsp3) is 0.211. The Morgan fingerprint density at radius 2 is 1.72 bits per heavy atom. The van der Waals surface area contributed by atoms with Crippen LogP contribution in [0.25, 0.3) is 0 Å². The molecular weight excluding hydrogens is 316 g/mol. The van der Waals surface area contributed by atoms with Gasteiger partial charge in [-0.05, 0) is 30.7 Å². The van der Waals surface area contributed by atoms with Crippen LogP contribution in [0, 0.1) is 11.3 Å². The largest absolute Gasteiger partial charge is 0.362 e. The van der Waals surface area contributed by atoms with Gasteiger partial charge in [-0.3, -0.25) is 14.5 Å². The Morgan fingerprint density at radius 3 is 2.52 bits per heavy atom. The smallest absolute Gasteiger partial charge is 0.262 e. The number of anilines is 2. The van der Waals surface area contributed by atoms with Gasteiger partial charge in [0.15, 0.2) is 0 Å². The number of amides is 2. The number of nitrogens with one attached hydrogen (secondary N) is 2. The molecule has 0 saturated carbocycles. The molecule has 0 saturated heterocycles. The lowest BCUT2D eigenvalue weighted by atomic mass is 10.0. The molecule has 0 aliphatic carbocycles. The van der Waals surface area contributed by atoms with Gasteiger partial charge in [0.25, 0.3) is 11.8 Å². The van der Waals surface area contributed by atoms with E-state index in [1.54, 1.807) is 29.2 Å². The maximum atomic E-state index is 13.2. The first-order valence-electron chi connectivity index (χ1n) is 8.16. The van der Waals surface area contributed by atoms with E-state index in [0.29, 0.717) is 29.7 Å². The zero-order chi connectivity index (χ0) is 17.4. The van der Waals surface area contributed by atoms with Crippen molar-refractivity contribution < 1.29 is 9.59 Å². The molecule has 4 rings (SSSR count). The van der Waals surface area contributed by atoms with Gasteiger partial charge in [0.05, 0.1) is 28.9 Å². The summed E-state index contributed by atoms with van der Waals surface area (Å²) in [7, 11) is 0. The van der Waals surface area contributed by atoms with Crippen molar-refractivity contribution in [3.8, 4) is 6.07 Å². The van der Waals surface area contributed by atoms with Crippen molar-refractivity contribution in [3.05, 3.63) is 59.7 Å². The standard InChI is InChI=1S/C19H16N4O2/c20-11-5-9-15-17-21-14-8-3-1-6-12(14)19(25)23(17)16-10-4-2-7-13(16)18(24)22-15/h1-4,6-8,10,15,17,21H,5,9H2,(H,22,24)/t15-,17-/m0/s1. The fourth-order valence-electron chi connectivity index (χ4n) is 3.47. The van der Waals surface area contributed by atoms with E-state index < -0.39 is 6.17 Å². The summed E-state index contributed by atoms with van der Waals surface area (Å²) in [6.45, 7) is 0. The summed E-state index contributed by atoms with van der Waals surface area (Å²) < 4.78 is 0. The first-order valence-corrected chi connectivity index (χ1v) is 8.16. The number of rotatable bonds is 2. The molecule has 2 aliphatic rings. The minimum atomic E-state index is -0.441. The Labute approximate surface area is 145 Å². The van der Waals surface area contributed by atoms with Gasteiger partial charge in [-0.2, -0.15) is 5.26 Å². The number of para-hydroxylation sites is 2. The topological polar surface area (TPSA) is 85.2 Å². The molecule has 2 aromatic rings. The van der Waals surface area contributed by atoms with Crippen LogP contribution < -0.4 is 15.5 Å². The molecule has 2 aromatic carbocycles. The number of carbonyl (C=O) groups excluding carboxylic acids is 2. The highest BCUT2D eigenvalue weighted by Crippen LogP contribution is 2.35. The average molecular weight is 332 g/mol. The molecule has 2 aliphatic heterocycles. The van der Waals surface area contributed by atoms with Gasteiger partial charge in [0.2, 0.25) is 0 Å². The van der Waals surface area contributed by atoms with Gasteiger partial charge in [0, 0.05) is 12.1 Å². The monoisotopic (exact) mass is 332 g/mol. The van der Waals surface area contributed by atoms with Crippen LogP contribution in [-0.2, 0) is 0 Å². The summed E-state index contributed by atoms with van der Waals surface area (Å²) in [5.41, 5.74) is 2.35. The number of carbonyl (C=O) groups is 2. The normalized spacial score (nSPS) is 21.0. The number of hydrogen-bond donors (Lipinski definition) is 2. The lowest BCUT2D eigenvalue weighted by Crippen LogP contribution is -2.58.